The SMILES string of the molecule is CC(C)c1ccccc1NC(=S)NC(=O)c1ccccc1Br. The number of benzene rings is 2. The Labute approximate surface area is 144 Å². The summed E-state index contributed by atoms with van der Waals surface area (Å²) in [7, 11) is 0. The Bertz CT molecular complexity index is 701. The molecule has 2 N–H and O–H groups in total. The highest BCUT2D eigenvalue weighted by Gasteiger charge is 2.12. The highest BCUT2D eigenvalue weighted by atomic mass is 79.9. The summed E-state index contributed by atoms with van der Waals surface area (Å²) in [5.41, 5.74) is 2.61. The fourth-order valence-corrected chi connectivity index (χ4v) is 2.75. The van der Waals surface area contributed by atoms with Gasteiger partial charge in [-0.15, -0.1) is 0 Å². The number of carbonyl (C=O) groups is 1. The molecule has 0 bridgehead atoms. The average molecular weight is 377 g/mol. The quantitative estimate of drug-likeness (QED) is 0.762. The molecule has 0 saturated heterocycles. The summed E-state index contributed by atoms with van der Waals surface area (Å²) in [6.45, 7) is 4.23. The fourth-order valence-electron chi connectivity index (χ4n) is 2.08. The van der Waals surface area contributed by atoms with E-state index in [1.165, 1.54) is 0 Å². The summed E-state index contributed by atoms with van der Waals surface area (Å²) in [4.78, 5) is 12.2. The number of carbonyl (C=O) groups excluding carboxylic acids is 1. The zero-order chi connectivity index (χ0) is 16.1. The number of rotatable bonds is 3. The molecule has 0 fully saturated rings. The van der Waals surface area contributed by atoms with E-state index in [0.717, 1.165) is 15.7 Å². The molecule has 114 valence electrons. The lowest BCUT2D eigenvalue weighted by atomic mass is 10.0. The minimum Gasteiger partial charge on any atom is -0.332 e. The van der Waals surface area contributed by atoms with Gasteiger partial charge < -0.3 is 5.32 Å². The number of para-hydroxylation sites is 1. The Balaban J connectivity index is 2.08. The largest absolute Gasteiger partial charge is 0.332 e. The second-order valence-electron chi connectivity index (χ2n) is 5.13. The first kappa shape index (κ1) is 16.6. The van der Waals surface area contributed by atoms with Crippen LogP contribution in [0.5, 0.6) is 0 Å². The van der Waals surface area contributed by atoms with E-state index < -0.39 is 0 Å². The Hall–Kier alpha value is -1.72. The van der Waals surface area contributed by atoms with E-state index in [4.69, 9.17) is 12.2 Å². The van der Waals surface area contributed by atoms with Crippen molar-refractivity contribution in [1.29, 1.82) is 0 Å². The van der Waals surface area contributed by atoms with Crippen molar-refractivity contribution >= 4 is 44.9 Å². The molecule has 0 aromatic heterocycles. The van der Waals surface area contributed by atoms with Gasteiger partial charge in [0, 0.05) is 10.2 Å². The molecule has 0 unspecified atom stereocenters. The third kappa shape index (κ3) is 4.15. The van der Waals surface area contributed by atoms with E-state index in [-0.39, 0.29) is 11.0 Å². The summed E-state index contributed by atoms with van der Waals surface area (Å²) in [6.07, 6.45) is 0. The molecule has 0 atom stereocenters. The van der Waals surface area contributed by atoms with E-state index in [1.807, 2.05) is 42.5 Å². The Morgan fingerprint density at radius 1 is 1.09 bits per heavy atom. The predicted molar refractivity (Wildman–Crippen MR) is 98.4 cm³/mol. The maximum absolute atomic E-state index is 12.2. The second-order valence-corrected chi connectivity index (χ2v) is 6.39. The van der Waals surface area contributed by atoms with Crippen LogP contribution >= 0.6 is 28.1 Å². The Kier molecular flexibility index (Phi) is 5.69. The fraction of sp³-hybridized carbons (Fsp3) is 0.176. The van der Waals surface area contributed by atoms with Gasteiger partial charge in [-0.1, -0.05) is 44.2 Å². The van der Waals surface area contributed by atoms with E-state index in [0.29, 0.717) is 11.5 Å². The summed E-state index contributed by atoms with van der Waals surface area (Å²) in [5.74, 6) is 0.123. The molecule has 22 heavy (non-hydrogen) atoms. The molecular weight excluding hydrogens is 360 g/mol. The van der Waals surface area contributed by atoms with E-state index in [9.17, 15) is 4.79 Å². The van der Waals surface area contributed by atoms with Crippen molar-refractivity contribution in [1.82, 2.24) is 5.32 Å². The second kappa shape index (κ2) is 7.51. The van der Waals surface area contributed by atoms with Crippen molar-refractivity contribution in [2.24, 2.45) is 0 Å². The van der Waals surface area contributed by atoms with Gasteiger partial charge in [0.2, 0.25) is 0 Å². The van der Waals surface area contributed by atoms with Crippen molar-refractivity contribution in [3.8, 4) is 0 Å². The Morgan fingerprint density at radius 2 is 1.73 bits per heavy atom. The van der Waals surface area contributed by atoms with E-state index in [1.54, 1.807) is 6.07 Å². The van der Waals surface area contributed by atoms with Crippen LogP contribution in [0.25, 0.3) is 0 Å². The number of thiocarbonyl (C=S) groups is 1. The minimum atomic E-state index is -0.244. The van der Waals surface area contributed by atoms with Gasteiger partial charge >= 0.3 is 0 Å². The predicted octanol–water partition coefficient (Wildman–Crippen LogP) is 4.70. The van der Waals surface area contributed by atoms with Crippen LogP contribution in [0.3, 0.4) is 0 Å². The number of hydrogen-bond donors (Lipinski definition) is 2. The third-order valence-electron chi connectivity index (χ3n) is 3.18. The number of halogens is 1. The molecule has 0 heterocycles. The summed E-state index contributed by atoms with van der Waals surface area (Å²) in [5, 5.41) is 6.09. The topological polar surface area (TPSA) is 41.1 Å². The molecular formula is C17H17BrN2OS. The van der Waals surface area contributed by atoms with Crippen molar-refractivity contribution in [2.45, 2.75) is 19.8 Å². The summed E-state index contributed by atoms with van der Waals surface area (Å²) < 4.78 is 0.734. The summed E-state index contributed by atoms with van der Waals surface area (Å²) >= 11 is 8.60. The van der Waals surface area contributed by atoms with Crippen LogP contribution in [0.1, 0.15) is 35.7 Å². The molecule has 0 radical (unpaired) electrons. The zero-order valence-corrected chi connectivity index (χ0v) is 14.8. The van der Waals surface area contributed by atoms with Crippen LogP contribution in [0.4, 0.5) is 5.69 Å². The van der Waals surface area contributed by atoms with E-state index in [2.05, 4.69) is 40.4 Å². The van der Waals surface area contributed by atoms with Gasteiger partial charge in [0.05, 0.1) is 5.56 Å². The molecule has 1 amide bonds. The molecule has 0 saturated carbocycles. The lowest BCUT2D eigenvalue weighted by Crippen LogP contribution is -2.34. The van der Waals surface area contributed by atoms with E-state index >= 15 is 0 Å². The van der Waals surface area contributed by atoms with Gasteiger partial charge in [-0.3, -0.25) is 10.1 Å². The zero-order valence-electron chi connectivity index (χ0n) is 12.4. The van der Waals surface area contributed by atoms with Gasteiger partial charge in [-0.25, -0.2) is 0 Å². The lowest BCUT2D eigenvalue weighted by Gasteiger charge is -2.15. The first-order chi connectivity index (χ1) is 10.5. The van der Waals surface area contributed by atoms with Crippen LogP contribution in [0, 0.1) is 0 Å². The minimum absolute atomic E-state index is 0.244. The molecule has 2 rings (SSSR count). The summed E-state index contributed by atoms with van der Waals surface area (Å²) in [6, 6.07) is 15.1. The normalized spacial score (nSPS) is 10.4. The first-order valence-corrected chi connectivity index (χ1v) is 8.15. The maximum Gasteiger partial charge on any atom is 0.258 e. The number of amides is 1. The molecule has 5 heteroatoms. The van der Waals surface area contributed by atoms with Crippen LogP contribution in [-0.4, -0.2) is 11.0 Å². The highest BCUT2D eigenvalue weighted by Crippen LogP contribution is 2.23. The van der Waals surface area contributed by atoms with Gasteiger partial charge in [0.15, 0.2) is 5.11 Å². The maximum atomic E-state index is 12.2. The molecule has 0 aliphatic carbocycles. The average Bonchev–Trinajstić information content (AvgIpc) is 2.47. The van der Waals surface area contributed by atoms with Crippen molar-refractivity contribution in [2.75, 3.05) is 5.32 Å². The molecule has 2 aromatic rings. The monoisotopic (exact) mass is 376 g/mol. The molecule has 0 spiro atoms. The van der Waals surface area contributed by atoms with Crippen LogP contribution < -0.4 is 10.6 Å². The van der Waals surface area contributed by atoms with Gasteiger partial charge in [0.25, 0.3) is 5.91 Å². The molecule has 0 aliphatic heterocycles. The van der Waals surface area contributed by atoms with Crippen molar-refractivity contribution < 1.29 is 4.79 Å². The number of hydrogen-bond acceptors (Lipinski definition) is 2. The third-order valence-corrected chi connectivity index (χ3v) is 4.07. The van der Waals surface area contributed by atoms with Crippen LogP contribution in [0.2, 0.25) is 0 Å². The van der Waals surface area contributed by atoms with Gasteiger partial charge in [0.1, 0.15) is 0 Å². The number of anilines is 1. The Morgan fingerprint density at radius 3 is 2.41 bits per heavy atom. The molecule has 3 nitrogen and oxygen atoms in total. The standard InChI is InChI=1S/C17H17BrN2OS/c1-11(2)12-7-4-6-10-15(12)19-17(22)20-16(21)13-8-3-5-9-14(13)18/h3-11H,1-2H3,(H2,19,20,21,22). The first-order valence-electron chi connectivity index (χ1n) is 6.95. The smallest absolute Gasteiger partial charge is 0.258 e. The van der Waals surface area contributed by atoms with Crippen molar-refractivity contribution in [3.05, 3.63) is 64.1 Å². The van der Waals surface area contributed by atoms with Crippen LogP contribution in [0.15, 0.2) is 53.0 Å². The van der Waals surface area contributed by atoms with Crippen molar-refractivity contribution in [3.63, 3.8) is 0 Å². The van der Waals surface area contributed by atoms with Gasteiger partial charge in [-0.05, 0) is 57.8 Å². The van der Waals surface area contributed by atoms with Crippen LogP contribution in [-0.2, 0) is 0 Å². The van der Waals surface area contributed by atoms with Gasteiger partial charge in [-0.2, -0.15) is 0 Å². The molecule has 0 aliphatic rings. The molecule has 2 aromatic carbocycles. The highest BCUT2D eigenvalue weighted by molar-refractivity contribution is 9.10. The number of nitrogens with one attached hydrogen (secondary N) is 2. The lowest BCUT2D eigenvalue weighted by molar-refractivity contribution is 0.0977.